The van der Waals surface area contributed by atoms with Crippen molar-refractivity contribution < 1.29 is 14.3 Å². The molecule has 1 aromatic carbocycles. The number of ether oxygens (including phenoxy) is 2. The molecular formula is C16H17N3O3. The summed E-state index contributed by atoms with van der Waals surface area (Å²) in [7, 11) is 1.56. The Morgan fingerprint density at radius 3 is 2.95 bits per heavy atom. The van der Waals surface area contributed by atoms with Gasteiger partial charge < -0.3 is 14.5 Å². The lowest BCUT2D eigenvalue weighted by atomic mass is 10.2. The summed E-state index contributed by atoms with van der Waals surface area (Å²) in [4.78, 5) is 14.5. The monoisotopic (exact) mass is 299 g/mol. The number of methoxy groups -OCH3 is 1. The molecule has 0 radical (unpaired) electrons. The van der Waals surface area contributed by atoms with Crippen LogP contribution in [-0.2, 0) is 0 Å². The summed E-state index contributed by atoms with van der Waals surface area (Å²) < 4.78 is 10.7. The van der Waals surface area contributed by atoms with E-state index in [0.29, 0.717) is 23.8 Å². The number of nitrogens with one attached hydrogen (secondary N) is 2. The molecule has 6 nitrogen and oxygen atoms in total. The van der Waals surface area contributed by atoms with Gasteiger partial charge in [0, 0.05) is 6.20 Å². The number of nitrogens with zero attached hydrogens (tertiary/aromatic N) is 1. The van der Waals surface area contributed by atoms with Gasteiger partial charge in [0.2, 0.25) is 0 Å². The zero-order valence-electron chi connectivity index (χ0n) is 12.2. The van der Waals surface area contributed by atoms with Crippen molar-refractivity contribution in [2.45, 2.75) is 0 Å². The molecule has 0 saturated carbocycles. The normalized spacial score (nSPS) is 10.4. The van der Waals surface area contributed by atoms with E-state index in [1.165, 1.54) is 6.21 Å². The van der Waals surface area contributed by atoms with Gasteiger partial charge >= 0.3 is 0 Å². The van der Waals surface area contributed by atoms with E-state index in [0.717, 1.165) is 5.56 Å². The molecule has 0 aliphatic heterocycles. The number of carbonyl (C=O) groups is 1. The number of H-pyrrole nitrogens is 1. The van der Waals surface area contributed by atoms with Crippen molar-refractivity contribution >= 4 is 12.1 Å². The average molecular weight is 299 g/mol. The van der Waals surface area contributed by atoms with Crippen molar-refractivity contribution in [1.82, 2.24) is 10.4 Å². The Morgan fingerprint density at radius 1 is 1.41 bits per heavy atom. The molecule has 2 N–H and O–H groups in total. The molecule has 0 saturated heterocycles. The zero-order valence-corrected chi connectivity index (χ0v) is 12.2. The molecule has 0 fully saturated rings. The van der Waals surface area contributed by atoms with Crippen LogP contribution < -0.4 is 14.9 Å². The SMILES string of the molecule is C=CCOc1ccc(/C=N\NC(=O)c2ccc[nH]2)cc1OC. The van der Waals surface area contributed by atoms with Crippen molar-refractivity contribution in [3.63, 3.8) is 0 Å². The summed E-state index contributed by atoms with van der Waals surface area (Å²) in [5.74, 6) is 0.899. The fourth-order valence-corrected chi connectivity index (χ4v) is 1.73. The first-order valence-electron chi connectivity index (χ1n) is 6.63. The van der Waals surface area contributed by atoms with E-state index >= 15 is 0 Å². The first-order valence-corrected chi connectivity index (χ1v) is 6.63. The smallest absolute Gasteiger partial charge is 0.287 e. The Labute approximate surface area is 128 Å². The fourth-order valence-electron chi connectivity index (χ4n) is 1.73. The van der Waals surface area contributed by atoms with E-state index in [1.807, 2.05) is 6.07 Å². The van der Waals surface area contributed by atoms with Gasteiger partial charge in [-0.2, -0.15) is 5.10 Å². The molecule has 2 aromatic rings. The summed E-state index contributed by atoms with van der Waals surface area (Å²) >= 11 is 0. The molecule has 1 amide bonds. The summed E-state index contributed by atoms with van der Waals surface area (Å²) in [6.45, 7) is 4.00. The molecule has 0 bridgehead atoms. The predicted octanol–water partition coefficient (Wildman–Crippen LogP) is 2.35. The standard InChI is InChI=1S/C16H17N3O3/c1-3-9-22-14-7-6-12(10-15(14)21-2)11-18-19-16(20)13-5-4-8-17-13/h3-8,10-11,17H,1,9H2,2H3,(H,19,20)/b18-11-. The second-order valence-electron chi connectivity index (χ2n) is 4.29. The second-order valence-corrected chi connectivity index (χ2v) is 4.29. The maximum Gasteiger partial charge on any atom is 0.287 e. The van der Waals surface area contributed by atoms with E-state index in [1.54, 1.807) is 43.6 Å². The number of rotatable bonds is 7. The van der Waals surface area contributed by atoms with Crippen LogP contribution in [0.4, 0.5) is 0 Å². The highest BCUT2D eigenvalue weighted by molar-refractivity contribution is 5.93. The van der Waals surface area contributed by atoms with E-state index in [-0.39, 0.29) is 5.91 Å². The number of benzene rings is 1. The quantitative estimate of drug-likeness (QED) is 0.468. The van der Waals surface area contributed by atoms with Gasteiger partial charge in [-0.05, 0) is 35.9 Å². The Hall–Kier alpha value is -3.02. The first kappa shape index (κ1) is 15.4. The lowest BCUT2D eigenvalue weighted by Crippen LogP contribution is -2.17. The van der Waals surface area contributed by atoms with Gasteiger partial charge in [0.15, 0.2) is 11.5 Å². The summed E-state index contributed by atoms with van der Waals surface area (Å²) in [6, 6.07) is 8.76. The molecule has 1 aromatic heterocycles. The van der Waals surface area contributed by atoms with Gasteiger partial charge in [0.05, 0.1) is 13.3 Å². The van der Waals surface area contributed by atoms with Crippen molar-refractivity contribution in [1.29, 1.82) is 0 Å². The van der Waals surface area contributed by atoms with E-state index in [2.05, 4.69) is 22.1 Å². The fraction of sp³-hybridized carbons (Fsp3) is 0.125. The zero-order chi connectivity index (χ0) is 15.8. The molecule has 0 aliphatic rings. The van der Waals surface area contributed by atoms with Crippen LogP contribution in [-0.4, -0.2) is 30.8 Å². The topological polar surface area (TPSA) is 75.7 Å². The minimum atomic E-state index is -0.306. The number of hydrogen-bond acceptors (Lipinski definition) is 4. The van der Waals surface area contributed by atoms with Crippen LogP contribution in [0.15, 0.2) is 54.3 Å². The molecule has 114 valence electrons. The van der Waals surface area contributed by atoms with Crippen molar-refractivity contribution in [2.24, 2.45) is 5.10 Å². The van der Waals surface area contributed by atoms with Crippen LogP contribution in [0, 0.1) is 0 Å². The highest BCUT2D eigenvalue weighted by Crippen LogP contribution is 2.27. The summed E-state index contributed by atoms with van der Waals surface area (Å²) in [6.07, 6.45) is 4.86. The average Bonchev–Trinajstić information content (AvgIpc) is 3.07. The predicted molar refractivity (Wildman–Crippen MR) is 84.5 cm³/mol. The third-order valence-electron chi connectivity index (χ3n) is 2.77. The molecule has 2 rings (SSSR count). The van der Waals surface area contributed by atoms with Crippen molar-refractivity contribution in [3.8, 4) is 11.5 Å². The Kier molecular flexibility index (Phi) is 5.37. The van der Waals surface area contributed by atoms with Crippen LogP contribution in [0.3, 0.4) is 0 Å². The van der Waals surface area contributed by atoms with E-state index in [9.17, 15) is 4.79 Å². The maximum atomic E-state index is 11.7. The van der Waals surface area contributed by atoms with Crippen LogP contribution in [0.5, 0.6) is 11.5 Å². The highest BCUT2D eigenvalue weighted by Gasteiger charge is 2.05. The number of amides is 1. The molecule has 6 heteroatoms. The Balaban J connectivity index is 2.01. The molecule has 0 aliphatic carbocycles. The minimum Gasteiger partial charge on any atom is -0.493 e. The highest BCUT2D eigenvalue weighted by atomic mass is 16.5. The van der Waals surface area contributed by atoms with Crippen molar-refractivity contribution in [3.05, 3.63) is 60.4 Å². The first-order chi connectivity index (χ1) is 10.7. The van der Waals surface area contributed by atoms with Gasteiger partial charge in [0.1, 0.15) is 12.3 Å². The van der Waals surface area contributed by atoms with Gasteiger partial charge in [-0.1, -0.05) is 12.7 Å². The van der Waals surface area contributed by atoms with Gasteiger partial charge in [-0.3, -0.25) is 4.79 Å². The van der Waals surface area contributed by atoms with E-state index < -0.39 is 0 Å². The lowest BCUT2D eigenvalue weighted by molar-refractivity contribution is 0.0951. The number of aromatic nitrogens is 1. The third-order valence-corrected chi connectivity index (χ3v) is 2.77. The van der Waals surface area contributed by atoms with Crippen LogP contribution in [0.2, 0.25) is 0 Å². The lowest BCUT2D eigenvalue weighted by Gasteiger charge is -2.09. The van der Waals surface area contributed by atoms with Crippen LogP contribution in [0.1, 0.15) is 16.1 Å². The Morgan fingerprint density at radius 2 is 2.27 bits per heavy atom. The van der Waals surface area contributed by atoms with Gasteiger partial charge in [-0.25, -0.2) is 5.43 Å². The van der Waals surface area contributed by atoms with Crippen LogP contribution >= 0.6 is 0 Å². The molecule has 0 atom stereocenters. The number of hydrogen-bond donors (Lipinski definition) is 2. The molecular weight excluding hydrogens is 282 g/mol. The number of carbonyl (C=O) groups excluding carboxylic acids is 1. The maximum absolute atomic E-state index is 11.7. The molecule has 0 unspecified atom stereocenters. The Bertz CT molecular complexity index is 663. The summed E-state index contributed by atoms with van der Waals surface area (Å²) in [5, 5.41) is 3.91. The molecule has 1 heterocycles. The molecule has 22 heavy (non-hydrogen) atoms. The van der Waals surface area contributed by atoms with Gasteiger partial charge in [0.25, 0.3) is 5.91 Å². The van der Waals surface area contributed by atoms with E-state index in [4.69, 9.17) is 9.47 Å². The second kappa shape index (κ2) is 7.68. The van der Waals surface area contributed by atoms with Crippen molar-refractivity contribution in [2.75, 3.05) is 13.7 Å². The van der Waals surface area contributed by atoms with Crippen LogP contribution in [0.25, 0.3) is 0 Å². The third kappa shape index (κ3) is 3.99. The molecule has 0 spiro atoms. The largest absolute Gasteiger partial charge is 0.493 e. The number of hydrazone groups is 1. The number of aromatic amines is 1. The minimum absolute atomic E-state index is 0.306. The van der Waals surface area contributed by atoms with Gasteiger partial charge in [-0.15, -0.1) is 0 Å². The summed E-state index contributed by atoms with van der Waals surface area (Å²) in [5.41, 5.74) is 3.65.